The van der Waals surface area contributed by atoms with Gasteiger partial charge in [0.1, 0.15) is 85.5 Å². The van der Waals surface area contributed by atoms with Gasteiger partial charge in [0.15, 0.2) is 25.0 Å². The fourth-order valence-corrected chi connectivity index (χ4v) is 16.4. The molecule has 23 heteroatoms. The van der Waals surface area contributed by atoms with Gasteiger partial charge in [-0.05, 0) is 116 Å². The summed E-state index contributed by atoms with van der Waals surface area (Å²) in [4.78, 5) is 27.9. The van der Waals surface area contributed by atoms with Crippen LogP contribution in [-0.4, -0.2) is 220 Å². The number of ether oxygens (including phenoxy) is 8. The maximum atomic E-state index is 14.8. The van der Waals surface area contributed by atoms with E-state index in [1.165, 1.54) is 12.5 Å². The van der Waals surface area contributed by atoms with Gasteiger partial charge in [-0.15, -0.1) is 0 Å². The average molecular weight is 1100 g/mol. The van der Waals surface area contributed by atoms with Crippen molar-refractivity contribution >= 4 is 11.9 Å². The number of rotatable bonds is 11. The summed E-state index contributed by atoms with van der Waals surface area (Å²) >= 11 is 0. The Balaban J connectivity index is 0.986. The first kappa shape index (κ1) is 59.5. The first-order chi connectivity index (χ1) is 35.9. The first-order valence-electron chi connectivity index (χ1n) is 27.7. The van der Waals surface area contributed by atoms with Gasteiger partial charge in [0, 0.05) is 0 Å². The Morgan fingerprint density at radius 2 is 1.14 bits per heavy atom. The Kier molecular flexibility index (Phi) is 16.5. The molecule has 9 rings (SSSR count). The van der Waals surface area contributed by atoms with Crippen molar-refractivity contribution < 1.29 is 114 Å². The van der Waals surface area contributed by atoms with Crippen LogP contribution in [0.2, 0.25) is 0 Å². The molecule has 8 fully saturated rings. The molecule has 0 aromatic heterocycles. The quantitative estimate of drug-likeness (QED) is 0.0676. The Labute approximate surface area is 448 Å². The Hall–Kier alpha value is -2.08. The lowest BCUT2D eigenvalue weighted by Crippen LogP contribution is -2.68. The van der Waals surface area contributed by atoms with E-state index in [0.29, 0.717) is 44.9 Å². The minimum absolute atomic E-state index is 0.00794. The summed E-state index contributed by atoms with van der Waals surface area (Å²) in [5.41, 5.74) is -1.41. The number of carboxylic acid groups (broad SMARTS) is 1. The molecular weight excluding hydrogens is 1020 g/mol. The topological polar surface area (TPSA) is 371 Å². The standard InChI is InChI=1S/C54H86O23/c1-22-30(57)33(60)36(63)44(70-22)74-40-39(66)41(75-45-37(64)34(61)31(58)25(20-55)71-45)47(76-42(40)43(67)68)73-29-12-13-51(6)27(50(29,4)5)11-14-53(8)28(51)10-9-23-24-19-49(2,3)15-17-54(24,18-16-52(23,53)7)48(69)77-46-38(65)35(62)32(59)26(21-56)72-46/h9,22,24-42,44-47,55-66H,10-21H2,1-8H3,(H,67,68). The fourth-order valence-electron chi connectivity index (χ4n) is 16.4. The van der Waals surface area contributed by atoms with E-state index in [4.69, 9.17) is 37.9 Å². The van der Waals surface area contributed by atoms with Crippen LogP contribution in [0, 0.1) is 50.2 Å². The molecule has 9 aliphatic rings. The molecular formula is C54H86O23. The molecule has 0 amide bonds. The number of allylic oxidation sites excluding steroid dienone is 2. The van der Waals surface area contributed by atoms with Gasteiger partial charge in [-0.1, -0.05) is 60.1 Å². The lowest BCUT2D eigenvalue weighted by Gasteiger charge is -2.71. The summed E-state index contributed by atoms with van der Waals surface area (Å²) < 4.78 is 48.0. The van der Waals surface area contributed by atoms with Crippen LogP contribution in [0.1, 0.15) is 120 Å². The van der Waals surface area contributed by atoms with Crippen molar-refractivity contribution in [3.63, 3.8) is 0 Å². The van der Waals surface area contributed by atoms with Crippen LogP contribution in [0.25, 0.3) is 0 Å². The Bertz CT molecular complexity index is 2180. The smallest absolute Gasteiger partial charge is 0.335 e. The molecule has 28 unspecified atom stereocenters. The second-order valence-electron chi connectivity index (χ2n) is 26.3. The average Bonchev–Trinajstić information content (AvgIpc) is 3.54. The third-order valence-electron chi connectivity index (χ3n) is 21.4. The highest BCUT2D eigenvalue weighted by atomic mass is 16.8. The predicted octanol–water partition coefficient (Wildman–Crippen LogP) is -0.915. The van der Waals surface area contributed by atoms with E-state index in [0.717, 1.165) is 19.3 Å². The van der Waals surface area contributed by atoms with Crippen molar-refractivity contribution in [2.24, 2.45) is 50.2 Å². The van der Waals surface area contributed by atoms with E-state index in [1.54, 1.807) is 0 Å². The summed E-state index contributed by atoms with van der Waals surface area (Å²) in [6.45, 7) is 15.6. The molecule has 4 saturated carbocycles. The predicted molar refractivity (Wildman–Crippen MR) is 262 cm³/mol. The van der Waals surface area contributed by atoms with Crippen LogP contribution in [-0.2, 0) is 47.5 Å². The van der Waals surface area contributed by atoms with E-state index < -0.39 is 165 Å². The lowest BCUT2D eigenvalue weighted by atomic mass is 9.33. The number of hydrogen-bond donors (Lipinski definition) is 13. The van der Waals surface area contributed by atoms with Gasteiger partial charge in [0.05, 0.1) is 30.8 Å². The summed E-state index contributed by atoms with van der Waals surface area (Å²) in [7, 11) is 0. The highest BCUT2D eigenvalue weighted by molar-refractivity contribution is 5.79. The monoisotopic (exact) mass is 1100 g/mol. The second-order valence-corrected chi connectivity index (χ2v) is 26.3. The van der Waals surface area contributed by atoms with Crippen molar-refractivity contribution in [3.05, 3.63) is 11.6 Å². The fraction of sp³-hybridized carbons (Fsp3) is 0.926. The number of aliphatic hydroxyl groups excluding tert-OH is 12. The van der Waals surface area contributed by atoms with Crippen LogP contribution in [0.4, 0.5) is 0 Å². The normalized spacial score (nSPS) is 53.4. The molecule has 0 spiro atoms. The Morgan fingerprint density at radius 1 is 0.584 bits per heavy atom. The molecule has 4 aliphatic heterocycles. The molecule has 440 valence electrons. The molecule has 0 aromatic carbocycles. The minimum Gasteiger partial charge on any atom is -0.479 e. The van der Waals surface area contributed by atoms with Gasteiger partial charge in [-0.25, -0.2) is 4.79 Å². The van der Waals surface area contributed by atoms with Gasteiger partial charge < -0.3 is 104 Å². The van der Waals surface area contributed by atoms with Crippen LogP contribution in [0.5, 0.6) is 0 Å². The van der Waals surface area contributed by atoms with Crippen molar-refractivity contribution in [1.29, 1.82) is 0 Å². The van der Waals surface area contributed by atoms with Crippen LogP contribution in [0.3, 0.4) is 0 Å². The third-order valence-corrected chi connectivity index (χ3v) is 21.4. The number of hydrogen-bond acceptors (Lipinski definition) is 22. The molecule has 0 radical (unpaired) electrons. The lowest BCUT2D eigenvalue weighted by molar-refractivity contribution is -0.390. The first-order valence-corrected chi connectivity index (χ1v) is 27.7. The van der Waals surface area contributed by atoms with Gasteiger partial charge in [0.25, 0.3) is 0 Å². The number of aliphatic hydroxyl groups is 12. The maximum absolute atomic E-state index is 14.8. The van der Waals surface area contributed by atoms with Gasteiger partial charge in [-0.3, -0.25) is 4.79 Å². The number of aliphatic carboxylic acids is 1. The summed E-state index contributed by atoms with van der Waals surface area (Å²) in [5.74, 6) is -2.20. The maximum Gasteiger partial charge on any atom is 0.335 e. The van der Waals surface area contributed by atoms with Crippen molar-refractivity contribution in [2.75, 3.05) is 13.2 Å². The van der Waals surface area contributed by atoms with E-state index >= 15 is 0 Å². The van der Waals surface area contributed by atoms with Crippen molar-refractivity contribution in [1.82, 2.24) is 0 Å². The second kappa shape index (κ2) is 21.3. The zero-order valence-corrected chi connectivity index (χ0v) is 45.3. The highest BCUT2D eigenvalue weighted by Crippen LogP contribution is 2.76. The zero-order valence-electron chi connectivity index (χ0n) is 45.3. The molecule has 0 aromatic rings. The molecule has 4 heterocycles. The molecule has 28 atom stereocenters. The number of carbonyl (C=O) groups excluding carboxylic acids is 1. The number of carbonyl (C=O) groups is 2. The Morgan fingerprint density at radius 3 is 1.75 bits per heavy atom. The van der Waals surface area contributed by atoms with Crippen molar-refractivity contribution in [3.8, 4) is 0 Å². The SMILES string of the molecule is CC1OC(OC2C(C(=O)O)OC(OC3CCC4(C)C(CCC5(C)C4CC=C4C6CC(C)(C)CCC6(C(=O)OC6OC(CO)C(O)C(O)C6O)CCC45C)C3(C)C)C(OC3OC(CO)C(O)C(O)C3O)C2O)C(O)C(O)C1O. The molecule has 4 saturated heterocycles. The summed E-state index contributed by atoms with van der Waals surface area (Å²) in [6.07, 6.45) is -26.1. The van der Waals surface area contributed by atoms with E-state index in [9.17, 15) is 76.0 Å². The molecule has 0 bridgehead atoms. The number of carboxylic acids is 1. The van der Waals surface area contributed by atoms with Crippen molar-refractivity contribution in [2.45, 2.75) is 249 Å². The molecule has 13 N–H and O–H groups in total. The van der Waals surface area contributed by atoms with E-state index in [1.807, 2.05) is 0 Å². The number of esters is 1. The largest absolute Gasteiger partial charge is 0.479 e. The summed E-state index contributed by atoms with van der Waals surface area (Å²) in [5, 5.41) is 139. The number of fused-ring (bicyclic) bond motifs is 7. The third kappa shape index (κ3) is 9.66. The van der Waals surface area contributed by atoms with Gasteiger partial charge in [0.2, 0.25) is 6.29 Å². The summed E-state index contributed by atoms with van der Waals surface area (Å²) in [6, 6.07) is 0. The van der Waals surface area contributed by atoms with Crippen LogP contribution < -0.4 is 0 Å². The van der Waals surface area contributed by atoms with Crippen LogP contribution in [0.15, 0.2) is 11.6 Å². The molecule has 23 nitrogen and oxygen atoms in total. The zero-order chi connectivity index (χ0) is 56.4. The van der Waals surface area contributed by atoms with Crippen LogP contribution >= 0.6 is 0 Å². The minimum atomic E-state index is -2.04. The van der Waals surface area contributed by atoms with Gasteiger partial charge >= 0.3 is 11.9 Å². The highest BCUT2D eigenvalue weighted by Gasteiger charge is 2.70. The van der Waals surface area contributed by atoms with E-state index in [2.05, 4.69) is 54.5 Å². The molecule has 5 aliphatic carbocycles. The van der Waals surface area contributed by atoms with Gasteiger partial charge in [-0.2, -0.15) is 0 Å². The molecule has 77 heavy (non-hydrogen) atoms. The van der Waals surface area contributed by atoms with E-state index in [-0.39, 0.29) is 39.4 Å².